The molecule has 1 spiro atoms. The minimum atomic E-state index is -0.489. The number of rotatable bonds is 3. The Morgan fingerprint density at radius 2 is 2.00 bits per heavy atom. The summed E-state index contributed by atoms with van der Waals surface area (Å²) >= 11 is 0. The van der Waals surface area contributed by atoms with Crippen LogP contribution in [-0.4, -0.2) is 67.8 Å². The summed E-state index contributed by atoms with van der Waals surface area (Å²) in [5.41, 5.74) is 2.48. The highest BCUT2D eigenvalue weighted by atomic mass is 16.5. The number of Topliss-reactive ketones (excluding diaryl/α,β-unsaturated/α-hetero) is 1. The van der Waals surface area contributed by atoms with Crippen LogP contribution in [0.15, 0.2) is 40.4 Å². The van der Waals surface area contributed by atoms with E-state index in [2.05, 4.69) is 58.7 Å². The number of carbonyl (C=O) groups excluding carboxylic acids is 2. The van der Waals surface area contributed by atoms with Crippen LogP contribution in [0.3, 0.4) is 0 Å². The van der Waals surface area contributed by atoms with E-state index < -0.39 is 12.2 Å². The molecule has 2 fully saturated rings. The lowest BCUT2D eigenvalue weighted by atomic mass is 9.66. The topological polar surface area (TPSA) is 109 Å². The van der Waals surface area contributed by atoms with Gasteiger partial charge in [-0.05, 0) is 75.7 Å². The molecule has 0 radical (unpaired) electrons. The Bertz CT molecular complexity index is 1260. The summed E-state index contributed by atoms with van der Waals surface area (Å²) in [5, 5.41) is 17.7. The first-order valence-electron chi connectivity index (χ1n) is 17.5. The molecule has 9 atom stereocenters. The number of nitrogens with zero attached hydrogens (tertiary/aromatic N) is 1. The molecule has 0 aromatic heterocycles. The summed E-state index contributed by atoms with van der Waals surface area (Å²) < 4.78 is 11.4. The van der Waals surface area contributed by atoms with Gasteiger partial charge in [0.2, 0.25) is 0 Å². The number of piperidine rings is 1. The van der Waals surface area contributed by atoms with Crippen molar-refractivity contribution in [2.75, 3.05) is 20.2 Å². The molecule has 3 heterocycles. The fourth-order valence-electron chi connectivity index (χ4n) is 8.24. The fraction of sp³-hybridized carbons (Fsp3) is 0.684. The molecule has 2 aliphatic carbocycles. The number of nitrogens with one attached hydrogen (secondary N) is 2. The lowest BCUT2D eigenvalue weighted by molar-refractivity contribution is -0.148. The van der Waals surface area contributed by atoms with Gasteiger partial charge in [-0.1, -0.05) is 43.1 Å². The minimum Gasteiger partial charge on any atom is -0.462 e. The molecule has 0 aromatic carbocycles. The second-order valence-electron chi connectivity index (χ2n) is 14.3. The molecule has 0 amide bonds. The molecule has 3 N–H and O–H groups in total. The second-order valence-corrected chi connectivity index (χ2v) is 14.3. The molecule has 3 aliphatic heterocycles. The number of methoxy groups -OCH3 is 1. The van der Waals surface area contributed by atoms with E-state index in [4.69, 9.17) is 9.47 Å². The molecule has 8 nitrogen and oxygen atoms in total. The number of carbonyl (C=O) groups is 2. The van der Waals surface area contributed by atoms with Gasteiger partial charge in [0.15, 0.2) is 6.21 Å². The van der Waals surface area contributed by atoms with Gasteiger partial charge in [0.05, 0.1) is 30.5 Å². The van der Waals surface area contributed by atoms with Crippen LogP contribution in [0.25, 0.3) is 0 Å². The highest BCUT2D eigenvalue weighted by Crippen LogP contribution is 2.45. The zero-order chi connectivity index (χ0) is 32.5. The van der Waals surface area contributed by atoms with Crippen molar-refractivity contribution in [3.05, 3.63) is 42.0 Å². The van der Waals surface area contributed by atoms with E-state index in [1.165, 1.54) is 18.1 Å². The molecular weight excluding hydrogens is 578 g/mol. The number of aliphatic imine (C=N–C) groups is 1. The maximum absolute atomic E-state index is 13.7. The van der Waals surface area contributed by atoms with Crippen molar-refractivity contribution in [1.29, 1.82) is 0 Å². The van der Waals surface area contributed by atoms with Gasteiger partial charge in [0.25, 0.3) is 0 Å². The summed E-state index contributed by atoms with van der Waals surface area (Å²) in [6, 6.07) is 0. The smallest absolute Gasteiger partial charge is 0.302 e. The van der Waals surface area contributed by atoms with Crippen LogP contribution in [0.5, 0.6) is 0 Å². The number of aliphatic hydroxyl groups excluding tert-OH is 1. The highest BCUT2D eigenvalue weighted by molar-refractivity contribution is 5.84. The van der Waals surface area contributed by atoms with Gasteiger partial charge in [-0.25, -0.2) is 0 Å². The van der Waals surface area contributed by atoms with Crippen molar-refractivity contribution in [2.45, 2.75) is 115 Å². The molecule has 9 unspecified atom stereocenters. The molecule has 1 saturated heterocycles. The van der Waals surface area contributed by atoms with Crippen LogP contribution in [0.4, 0.5) is 0 Å². The first-order chi connectivity index (χ1) is 22.2. The Morgan fingerprint density at radius 3 is 2.80 bits per heavy atom. The quantitative estimate of drug-likeness (QED) is 0.222. The standard InChI is InChI=1S/C38H54N3O5/c1-26-7-4-5-15-38(26)16-13-34(46-27(2)42)22-33(43)20-29(30-11-12-35(44)36(21-30)45-3)8-6-17-40-37-19-28(14-18-41-37)9-10-31-24-39-25-32(31)23-38/h4-5,7,15,24-26,28-30,34-37,40-41,44H,9-14,16-23H2,1-3H3/q+1. The maximum atomic E-state index is 13.7. The average Bonchev–Trinajstić information content (AvgIpc) is 3.48. The van der Waals surface area contributed by atoms with Crippen LogP contribution >= 0.6 is 0 Å². The van der Waals surface area contributed by atoms with Crippen LogP contribution < -0.4 is 10.6 Å². The van der Waals surface area contributed by atoms with Gasteiger partial charge in [0, 0.05) is 51.0 Å². The summed E-state index contributed by atoms with van der Waals surface area (Å²) in [4.78, 5) is 30.5. The average molecular weight is 633 g/mol. The summed E-state index contributed by atoms with van der Waals surface area (Å²) in [7, 11) is 1.64. The van der Waals surface area contributed by atoms with Gasteiger partial charge in [-0.15, -0.1) is 4.99 Å². The highest BCUT2D eigenvalue weighted by Gasteiger charge is 2.40. The number of hydrogen-bond acceptors (Lipinski definition) is 8. The van der Waals surface area contributed by atoms with Crippen molar-refractivity contribution in [1.82, 2.24) is 10.6 Å². The van der Waals surface area contributed by atoms with Gasteiger partial charge in [0.1, 0.15) is 24.0 Å². The summed E-state index contributed by atoms with van der Waals surface area (Å²) in [6.07, 6.45) is 19.1. The third-order valence-electron chi connectivity index (χ3n) is 11.1. The van der Waals surface area contributed by atoms with E-state index in [-0.39, 0.29) is 53.6 Å². The van der Waals surface area contributed by atoms with Crippen molar-refractivity contribution in [2.24, 2.45) is 34.1 Å². The van der Waals surface area contributed by atoms with Crippen LogP contribution in [0, 0.1) is 47.5 Å². The Morgan fingerprint density at radius 1 is 1.13 bits per heavy atom. The van der Waals surface area contributed by atoms with E-state index in [9.17, 15) is 14.7 Å². The van der Waals surface area contributed by atoms with Crippen molar-refractivity contribution in [3.63, 3.8) is 0 Å². The normalized spacial score (nSPS) is 37.6. The molecule has 5 aliphatic rings. The Labute approximate surface area is 275 Å². The van der Waals surface area contributed by atoms with Gasteiger partial charge >= 0.3 is 5.97 Å². The van der Waals surface area contributed by atoms with E-state index >= 15 is 0 Å². The maximum Gasteiger partial charge on any atom is 0.302 e. The lowest BCUT2D eigenvalue weighted by Crippen LogP contribution is -2.47. The lowest BCUT2D eigenvalue weighted by Gasteiger charge is -2.37. The molecule has 0 aromatic rings. The SMILES string of the molecule is COC1CC(C2C#CCNC3CC(CCN3)CCC3=C(C=N[CH+]3)CC3(C=CC=CC3C)CCC(OC(C)=O)CC(=O)C2)CCC1O. The van der Waals surface area contributed by atoms with Crippen LogP contribution in [0.2, 0.25) is 0 Å². The fourth-order valence-corrected chi connectivity index (χ4v) is 8.24. The monoisotopic (exact) mass is 632 g/mol. The van der Waals surface area contributed by atoms with E-state index in [0.717, 1.165) is 51.5 Å². The zero-order valence-electron chi connectivity index (χ0n) is 28.0. The largest absolute Gasteiger partial charge is 0.462 e. The predicted molar refractivity (Wildman–Crippen MR) is 181 cm³/mol. The Hall–Kier alpha value is -2.70. The first kappa shape index (κ1) is 34.6. The van der Waals surface area contributed by atoms with Gasteiger partial charge < -0.3 is 19.9 Å². The number of ketones is 1. The Kier molecular flexibility index (Phi) is 12.4. The third-order valence-corrected chi connectivity index (χ3v) is 11.1. The van der Waals surface area contributed by atoms with Crippen LogP contribution in [0.1, 0.15) is 90.9 Å². The molecule has 5 rings (SSSR count). The molecule has 250 valence electrons. The number of hydrogen-bond donors (Lipinski definition) is 3. The van der Waals surface area contributed by atoms with Crippen LogP contribution in [-0.2, 0) is 19.1 Å². The second kappa shape index (κ2) is 16.4. The number of allylic oxidation sites excluding steroid dienone is 5. The van der Waals surface area contributed by atoms with Crippen molar-refractivity contribution < 1.29 is 24.2 Å². The Balaban J connectivity index is 1.40. The van der Waals surface area contributed by atoms with Crippen molar-refractivity contribution in [3.8, 4) is 11.8 Å². The predicted octanol–water partition coefficient (Wildman–Crippen LogP) is 5.23. The zero-order valence-corrected chi connectivity index (χ0v) is 28.0. The van der Waals surface area contributed by atoms with E-state index in [1.807, 2.05) is 12.8 Å². The van der Waals surface area contributed by atoms with Gasteiger partial charge in [-0.3, -0.25) is 14.9 Å². The van der Waals surface area contributed by atoms with Gasteiger partial charge in [-0.2, -0.15) is 0 Å². The van der Waals surface area contributed by atoms with E-state index in [0.29, 0.717) is 38.1 Å². The van der Waals surface area contributed by atoms with E-state index in [1.54, 1.807) is 7.11 Å². The molecular formula is C38H54N3O5+. The molecule has 46 heavy (non-hydrogen) atoms. The number of fused-ring (bicyclic) bond motifs is 2. The van der Waals surface area contributed by atoms with Crippen molar-refractivity contribution >= 4 is 18.0 Å². The number of aliphatic hydroxyl groups is 1. The first-order valence-corrected chi connectivity index (χ1v) is 17.5. The molecule has 8 heteroatoms. The molecule has 2 bridgehead atoms. The number of ether oxygens (including phenoxy) is 2. The summed E-state index contributed by atoms with van der Waals surface area (Å²) in [6.45, 7) is 7.28. The minimum absolute atomic E-state index is 0.0634. The summed E-state index contributed by atoms with van der Waals surface area (Å²) in [5.74, 6) is 7.45. The number of esters is 1. The molecule has 1 saturated carbocycles. The third kappa shape index (κ3) is 9.22.